The van der Waals surface area contributed by atoms with Crippen LogP contribution in [0.5, 0.6) is 0 Å². The fourth-order valence-electron chi connectivity index (χ4n) is 1.98. The molecule has 2 aromatic heterocycles. The lowest BCUT2D eigenvalue weighted by atomic mass is 10.2. The van der Waals surface area contributed by atoms with Crippen LogP contribution >= 0.6 is 0 Å². The van der Waals surface area contributed by atoms with Gasteiger partial charge in [0.1, 0.15) is 0 Å². The van der Waals surface area contributed by atoms with Crippen LogP contribution in [0.2, 0.25) is 0 Å². The van der Waals surface area contributed by atoms with Gasteiger partial charge in [0.15, 0.2) is 5.69 Å². The number of ether oxygens (including phenoxy) is 1. The van der Waals surface area contributed by atoms with Gasteiger partial charge in [-0.25, -0.2) is 9.48 Å². The first kappa shape index (κ1) is 14.2. The second kappa shape index (κ2) is 6.83. The van der Waals surface area contributed by atoms with Gasteiger partial charge in [-0.15, -0.1) is 5.10 Å². The van der Waals surface area contributed by atoms with Crippen molar-refractivity contribution in [2.45, 2.75) is 39.8 Å². The van der Waals surface area contributed by atoms with Gasteiger partial charge in [0.05, 0.1) is 25.4 Å². The highest BCUT2D eigenvalue weighted by Crippen LogP contribution is 2.10. The Labute approximate surface area is 117 Å². The quantitative estimate of drug-likeness (QED) is 0.713. The van der Waals surface area contributed by atoms with E-state index >= 15 is 0 Å². The van der Waals surface area contributed by atoms with Crippen LogP contribution in [0, 0.1) is 0 Å². The molecule has 0 radical (unpaired) electrons. The van der Waals surface area contributed by atoms with E-state index < -0.39 is 5.97 Å². The van der Waals surface area contributed by atoms with Gasteiger partial charge < -0.3 is 4.74 Å². The maximum absolute atomic E-state index is 11.8. The van der Waals surface area contributed by atoms with Gasteiger partial charge in [-0.05, 0) is 19.4 Å². The van der Waals surface area contributed by atoms with Gasteiger partial charge in [0.25, 0.3) is 0 Å². The van der Waals surface area contributed by atoms with Crippen molar-refractivity contribution in [2.75, 3.05) is 6.61 Å². The third-order valence-electron chi connectivity index (χ3n) is 2.89. The molecule has 0 saturated carbocycles. The molecule has 0 aliphatic heterocycles. The lowest BCUT2D eigenvalue weighted by Crippen LogP contribution is -2.14. The Hall–Kier alpha value is -2.18. The van der Waals surface area contributed by atoms with E-state index in [2.05, 4.69) is 22.3 Å². The highest BCUT2D eigenvalue weighted by atomic mass is 16.5. The van der Waals surface area contributed by atoms with Crippen LogP contribution in [0.15, 0.2) is 18.5 Å². The van der Waals surface area contributed by atoms with E-state index in [0.29, 0.717) is 25.4 Å². The standard InChI is InChI=1S/C13H19N5O2/c1-3-6-11-12(13(19)20-4-2)15-16-18(11)10-9-17-8-5-7-14-17/h5,7-8H,3-4,6,9-10H2,1-2H3. The number of carbonyl (C=O) groups is 1. The zero-order valence-electron chi connectivity index (χ0n) is 11.8. The molecule has 2 heterocycles. The molecule has 0 aliphatic carbocycles. The largest absolute Gasteiger partial charge is 0.461 e. The molecule has 7 nitrogen and oxygen atoms in total. The Morgan fingerprint density at radius 1 is 1.35 bits per heavy atom. The first-order chi connectivity index (χ1) is 9.76. The van der Waals surface area contributed by atoms with Crippen molar-refractivity contribution in [2.24, 2.45) is 0 Å². The molecular formula is C13H19N5O2. The van der Waals surface area contributed by atoms with E-state index in [1.807, 2.05) is 16.9 Å². The van der Waals surface area contributed by atoms with E-state index in [1.165, 1.54) is 0 Å². The Balaban J connectivity index is 2.13. The Morgan fingerprint density at radius 2 is 2.20 bits per heavy atom. The highest BCUT2D eigenvalue weighted by Gasteiger charge is 2.19. The van der Waals surface area contributed by atoms with Gasteiger partial charge in [0.2, 0.25) is 0 Å². The third-order valence-corrected chi connectivity index (χ3v) is 2.89. The van der Waals surface area contributed by atoms with Crippen LogP contribution in [0.3, 0.4) is 0 Å². The molecule has 20 heavy (non-hydrogen) atoms. The monoisotopic (exact) mass is 277 g/mol. The van der Waals surface area contributed by atoms with Crippen LogP contribution < -0.4 is 0 Å². The zero-order valence-corrected chi connectivity index (χ0v) is 11.8. The zero-order chi connectivity index (χ0) is 14.4. The number of esters is 1. The average molecular weight is 277 g/mol. The summed E-state index contributed by atoms with van der Waals surface area (Å²) in [6, 6.07) is 1.87. The Morgan fingerprint density at radius 3 is 2.85 bits per heavy atom. The summed E-state index contributed by atoms with van der Waals surface area (Å²) in [4.78, 5) is 11.8. The fourth-order valence-corrected chi connectivity index (χ4v) is 1.98. The number of hydrogen-bond donors (Lipinski definition) is 0. The maximum Gasteiger partial charge on any atom is 0.360 e. The van der Waals surface area contributed by atoms with E-state index in [-0.39, 0.29) is 0 Å². The lowest BCUT2D eigenvalue weighted by molar-refractivity contribution is 0.0518. The summed E-state index contributed by atoms with van der Waals surface area (Å²) < 4.78 is 8.59. The van der Waals surface area contributed by atoms with Crippen molar-refractivity contribution >= 4 is 5.97 Å². The number of rotatable bonds is 7. The predicted octanol–water partition coefficient (Wildman–Crippen LogP) is 1.30. The summed E-state index contributed by atoms with van der Waals surface area (Å²) >= 11 is 0. The Kier molecular flexibility index (Phi) is 4.86. The SMILES string of the molecule is CCCc1c(C(=O)OCC)nnn1CCn1cccn1. The minimum atomic E-state index is -0.402. The number of hydrogen-bond acceptors (Lipinski definition) is 5. The minimum Gasteiger partial charge on any atom is -0.461 e. The van der Waals surface area contributed by atoms with Gasteiger partial charge in [-0.1, -0.05) is 18.6 Å². The van der Waals surface area contributed by atoms with Crippen LogP contribution in [-0.4, -0.2) is 37.4 Å². The van der Waals surface area contributed by atoms with Crippen LogP contribution in [0.1, 0.15) is 36.5 Å². The third kappa shape index (κ3) is 3.23. The smallest absolute Gasteiger partial charge is 0.360 e. The fraction of sp³-hybridized carbons (Fsp3) is 0.538. The van der Waals surface area contributed by atoms with E-state index in [0.717, 1.165) is 18.5 Å². The molecule has 0 N–H and O–H groups in total. The topological polar surface area (TPSA) is 74.8 Å². The minimum absolute atomic E-state index is 0.328. The molecule has 0 unspecified atom stereocenters. The molecule has 7 heteroatoms. The average Bonchev–Trinajstić information content (AvgIpc) is 3.06. The molecular weight excluding hydrogens is 258 g/mol. The summed E-state index contributed by atoms with van der Waals surface area (Å²) in [5, 5.41) is 12.2. The van der Waals surface area contributed by atoms with Crippen molar-refractivity contribution in [1.82, 2.24) is 24.8 Å². The number of nitrogens with zero attached hydrogens (tertiary/aromatic N) is 5. The van der Waals surface area contributed by atoms with Crippen molar-refractivity contribution in [3.8, 4) is 0 Å². The molecule has 108 valence electrons. The molecule has 0 spiro atoms. The number of aromatic nitrogens is 5. The maximum atomic E-state index is 11.8. The molecule has 0 amide bonds. The normalized spacial score (nSPS) is 10.7. The van der Waals surface area contributed by atoms with Crippen LogP contribution in [-0.2, 0) is 24.2 Å². The predicted molar refractivity (Wildman–Crippen MR) is 72.2 cm³/mol. The second-order valence-corrected chi connectivity index (χ2v) is 4.35. The summed E-state index contributed by atoms with van der Waals surface area (Å²) in [6.45, 7) is 5.49. The van der Waals surface area contributed by atoms with E-state index in [9.17, 15) is 4.79 Å². The molecule has 0 aromatic carbocycles. The van der Waals surface area contributed by atoms with Crippen molar-refractivity contribution in [3.63, 3.8) is 0 Å². The molecule has 0 atom stereocenters. The van der Waals surface area contributed by atoms with Gasteiger partial charge in [-0.3, -0.25) is 4.68 Å². The number of aryl methyl sites for hydroxylation is 2. The van der Waals surface area contributed by atoms with E-state index in [1.54, 1.807) is 17.8 Å². The molecule has 0 saturated heterocycles. The molecule has 2 aromatic rings. The lowest BCUT2D eigenvalue weighted by Gasteiger charge is -2.07. The first-order valence-corrected chi connectivity index (χ1v) is 6.83. The summed E-state index contributed by atoms with van der Waals surface area (Å²) in [5.41, 5.74) is 1.16. The highest BCUT2D eigenvalue weighted by molar-refractivity contribution is 5.88. The summed E-state index contributed by atoms with van der Waals surface area (Å²) in [6.07, 6.45) is 5.29. The summed E-state index contributed by atoms with van der Waals surface area (Å²) in [7, 11) is 0. The second-order valence-electron chi connectivity index (χ2n) is 4.35. The molecule has 2 rings (SSSR count). The van der Waals surface area contributed by atoms with Crippen LogP contribution in [0.4, 0.5) is 0 Å². The summed E-state index contributed by atoms with van der Waals surface area (Å²) in [5.74, 6) is -0.402. The van der Waals surface area contributed by atoms with E-state index in [4.69, 9.17) is 4.74 Å². The Bertz CT molecular complexity index is 547. The van der Waals surface area contributed by atoms with Crippen molar-refractivity contribution < 1.29 is 9.53 Å². The number of carbonyl (C=O) groups excluding carboxylic acids is 1. The molecule has 0 fully saturated rings. The van der Waals surface area contributed by atoms with Crippen LogP contribution in [0.25, 0.3) is 0 Å². The van der Waals surface area contributed by atoms with Crippen molar-refractivity contribution in [1.29, 1.82) is 0 Å². The first-order valence-electron chi connectivity index (χ1n) is 6.83. The van der Waals surface area contributed by atoms with Gasteiger partial charge in [0, 0.05) is 12.4 Å². The van der Waals surface area contributed by atoms with Crippen molar-refractivity contribution in [3.05, 3.63) is 29.8 Å². The molecule has 0 aliphatic rings. The molecule has 0 bridgehead atoms. The van der Waals surface area contributed by atoms with Gasteiger partial charge >= 0.3 is 5.97 Å². The van der Waals surface area contributed by atoms with Gasteiger partial charge in [-0.2, -0.15) is 5.10 Å².